The van der Waals surface area contributed by atoms with Crippen molar-refractivity contribution in [3.05, 3.63) is 101 Å². The van der Waals surface area contributed by atoms with Crippen molar-refractivity contribution < 1.29 is 20.4 Å². The van der Waals surface area contributed by atoms with Gasteiger partial charge < -0.3 is 20.4 Å². The molecule has 4 rings (SSSR count). The summed E-state index contributed by atoms with van der Waals surface area (Å²) >= 11 is 0. The molecule has 2 heterocycles. The summed E-state index contributed by atoms with van der Waals surface area (Å²) in [7, 11) is 0. The van der Waals surface area contributed by atoms with Crippen molar-refractivity contribution in [1.82, 2.24) is 29.5 Å². The van der Waals surface area contributed by atoms with Crippen molar-refractivity contribution in [3.8, 4) is 23.3 Å². The molecule has 6 N–H and O–H groups in total. The van der Waals surface area contributed by atoms with Gasteiger partial charge in [-0.05, 0) is 48.2 Å². The highest BCUT2D eigenvalue weighted by molar-refractivity contribution is 5.27. The summed E-state index contributed by atoms with van der Waals surface area (Å²) in [4.78, 5) is 48.4. The molecule has 2 aromatic carbocycles. The van der Waals surface area contributed by atoms with Crippen LogP contribution in [0, 0.1) is 0 Å². The van der Waals surface area contributed by atoms with Gasteiger partial charge in [-0.2, -0.15) is 0 Å². The van der Waals surface area contributed by atoms with Gasteiger partial charge in [0.05, 0.1) is 13.1 Å². The molecule has 0 unspecified atom stereocenters. The van der Waals surface area contributed by atoms with Crippen LogP contribution >= 0.6 is 0 Å². The Balaban J connectivity index is 0.000000201. The van der Waals surface area contributed by atoms with Gasteiger partial charge in [-0.25, -0.2) is 19.0 Å². The molecule has 0 aliphatic heterocycles. The lowest BCUT2D eigenvalue weighted by Gasteiger charge is -2.04. The second-order valence-electron chi connectivity index (χ2n) is 7.45. The lowest BCUT2D eigenvalue weighted by molar-refractivity contribution is 0.401. The minimum Gasteiger partial charge on any atom is -0.508 e. The highest BCUT2D eigenvalue weighted by atomic mass is 16.3. The third-order valence-electron chi connectivity index (χ3n) is 4.79. The zero-order valence-corrected chi connectivity index (χ0v) is 18.7. The van der Waals surface area contributed by atoms with Crippen LogP contribution in [0.4, 0.5) is 0 Å². The lowest BCUT2D eigenvalue weighted by atomic mass is 10.1. The molecule has 0 bridgehead atoms. The van der Waals surface area contributed by atoms with E-state index < -0.39 is 34.3 Å². The molecule has 36 heavy (non-hydrogen) atoms. The Hall–Kier alpha value is -5.14. The largest absolute Gasteiger partial charge is 0.508 e. The Bertz CT molecular complexity index is 1470. The molecule has 14 nitrogen and oxygen atoms in total. The standard InChI is InChI=1S/2C11H11N3O4/c2*15-8-3-1-2-7(6-8)4-5-14-11(18)12-9(16)10(17)13-14/h2*1-3,6,15H,4-5H2,(H,13,17)(H,12,16,18). The Kier molecular flexibility index (Phi) is 8.02. The molecule has 0 amide bonds. The zero-order valence-electron chi connectivity index (χ0n) is 18.7. The van der Waals surface area contributed by atoms with E-state index in [1.54, 1.807) is 48.5 Å². The van der Waals surface area contributed by atoms with Gasteiger partial charge in [0.1, 0.15) is 11.5 Å². The monoisotopic (exact) mass is 498 g/mol. The topological polar surface area (TPSA) is 216 Å². The van der Waals surface area contributed by atoms with E-state index >= 15 is 0 Å². The number of aromatic hydroxyl groups is 4. The minimum atomic E-state index is -0.909. The molecule has 0 spiro atoms. The fraction of sp³-hybridized carbons (Fsp3) is 0.182. The summed E-state index contributed by atoms with van der Waals surface area (Å²) in [5.74, 6) is -1.22. The van der Waals surface area contributed by atoms with E-state index in [-0.39, 0.29) is 24.6 Å². The maximum Gasteiger partial charge on any atom is 0.344 e. The van der Waals surface area contributed by atoms with Crippen LogP contribution < -0.4 is 22.5 Å². The first-order valence-electron chi connectivity index (χ1n) is 10.5. The summed E-state index contributed by atoms with van der Waals surface area (Å²) < 4.78 is 1.92. The molecule has 0 saturated carbocycles. The molecular weight excluding hydrogens is 476 g/mol. The number of aromatic amines is 2. The average Bonchev–Trinajstić information content (AvgIpc) is 2.82. The van der Waals surface area contributed by atoms with Crippen LogP contribution in [0.3, 0.4) is 0 Å². The summed E-state index contributed by atoms with van der Waals surface area (Å²) in [5.41, 5.74) is -1.55. The Morgan fingerprint density at radius 2 is 1.03 bits per heavy atom. The number of phenolic OH excluding ortho intramolecular Hbond substituents is 2. The summed E-state index contributed by atoms with van der Waals surface area (Å²) in [6, 6.07) is 13.2. The number of hydrogen-bond donors (Lipinski definition) is 6. The quantitative estimate of drug-likeness (QED) is 0.194. The number of phenols is 2. The van der Waals surface area contributed by atoms with Crippen molar-refractivity contribution in [3.63, 3.8) is 0 Å². The maximum atomic E-state index is 11.4. The first-order chi connectivity index (χ1) is 17.1. The number of H-pyrrole nitrogens is 2. The Labute approximate surface area is 201 Å². The van der Waals surface area contributed by atoms with Crippen LogP contribution in [0.15, 0.2) is 67.7 Å². The van der Waals surface area contributed by atoms with Crippen LogP contribution in [-0.2, 0) is 25.9 Å². The van der Waals surface area contributed by atoms with E-state index in [9.17, 15) is 29.4 Å². The molecule has 0 aliphatic carbocycles. The summed E-state index contributed by atoms with van der Waals surface area (Å²) in [6.45, 7) is 0.374. The van der Waals surface area contributed by atoms with Crippen LogP contribution in [0.5, 0.6) is 23.3 Å². The number of aryl methyl sites for hydroxylation is 4. The van der Waals surface area contributed by atoms with E-state index in [4.69, 9.17) is 10.2 Å². The van der Waals surface area contributed by atoms with Gasteiger partial charge in [0.25, 0.3) is 11.8 Å². The Morgan fingerprint density at radius 1 is 0.639 bits per heavy atom. The van der Waals surface area contributed by atoms with Gasteiger partial charge in [-0.15, -0.1) is 10.2 Å². The number of benzene rings is 2. The van der Waals surface area contributed by atoms with Crippen LogP contribution in [0.25, 0.3) is 0 Å². The lowest BCUT2D eigenvalue weighted by Crippen LogP contribution is -2.32. The van der Waals surface area contributed by atoms with Gasteiger partial charge >= 0.3 is 22.5 Å². The second-order valence-corrected chi connectivity index (χ2v) is 7.45. The van der Waals surface area contributed by atoms with Gasteiger partial charge in [-0.3, -0.25) is 19.6 Å². The van der Waals surface area contributed by atoms with Crippen molar-refractivity contribution >= 4 is 0 Å². The molecular formula is C22H22N6O8. The molecule has 188 valence electrons. The molecule has 0 radical (unpaired) electrons. The third kappa shape index (κ3) is 6.93. The number of hydrogen-bond acceptors (Lipinski definition) is 10. The van der Waals surface area contributed by atoms with Gasteiger partial charge in [0, 0.05) is 0 Å². The average molecular weight is 498 g/mol. The van der Waals surface area contributed by atoms with E-state index in [1.165, 1.54) is 0 Å². The first kappa shape index (κ1) is 25.5. The van der Waals surface area contributed by atoms with E-state index in [1.807, 2.05) is 9.97 Å². The Morgan fingerprint density at radius 3 is 1.39 bits per heavy atom. The highest BCUT2D eigenvalue weighted by Crippen LogP contribution is 2.12. The first-order valence-corrected chi connectivity index (χ1v) is 10.5. The van der Waals surface area contributed by atoms with Crippen molar-refractivity contribution in [2.75, 3.05) is 0 Å². The summed E-state index contributed by atoms with van der Waals surface area (Å²) in [5, 5.41) is 43.7. The fourth-order valence-electron chi connectivity index (χ4n) is 3.04. The van der Waals surface area contributed by atoms with Crippen LogP contribution in [0.1, 0.15) is 11.1 Å². The zero-order chi connectivity index (χ0) is 26.2. The van der Waals surface area contributed by atoms with Crippen molar-refractivity contribution in [2.45, 2.75) is 25.9 Å². The number of aromatic nitrogens is 6. The normalized spacial score (nSPS) is 10.4. The molecule has 0 aliphatic rings. The molecule has 0 fully saturated rings. The van der Waals surface area contributed by atoms with Crippen molar-refractivity contribution in [1.29, 1.82) is 0 Å². The molecule has 0 saturated heterocycles. The van der Waals surface area contributed by atoms with Gasteiger partial charge in [-0.1, -0.05) is 24.3 Å². The molecule has 14 heteroatoms. The van der Waals surface area contributed by atoms with Crippen LogP contribution in [-0.4, -0.2) is 50.0 Å². The number of nitrogens with zero attached hydrogens (tertiary/aromatic N) is 4. The van der Waals surface area contributed by atoms with E-state index in [0.717, 1.165) is 20.5 Å². The van der Waals surface area contributed by atoms with Gasteiger partial charge in [0.2, 0.25) is 0 Å². The molecule has 0 atom stereocenters. The smallest absolute Gasteiger partial charge is 0.344 e. The van der Waals surface area contributed by atoms with Gasteiger partial charge in [0.15, 0.2) is 0 Å². The fourth-order valence-corrected chi connectivity index (χ4v) is 3.04. The highest BCUT2D eigenvalue weighted by Gasteiger charge is 2.06. The summed E-state index contributed by atoms with van der Waals surface area (Å²) in [6.07, 6.45) is 0.875. The molecule has 4 aromatic rings. The van der Waals surface area contributed by atoms with Crippen molar-refractivity contribution in [2.24, 2.45) is 0 Å². The minimum absolute atomic E-state index is 0.136. The third-order valence-corrected chi connectivity index (χ3v) is 4.79. The predicted molar refractivity (Wildman–Crippen MR) is 125 cm³/mol. The SMILES string of the molecule is O=c1[nH]c(=O)n(CCc2cccc(O)c2)nc1O.O=c1[nH]c(=O)n(CCc2cccc(O)c2)nc1O. The number of rotatable bonds is 6. The number of nitrogens with one attached hydrogen (secondary N) is 2. The second kappa shape index (κ2) is 11.3. The predicted octanol–water partition coefficient (Wildman–Crippen LogP) is -0.829. The van der Waals surface area contributed by atoms with E-state index in [2.05, 4.69) is 10.2 Å². The molecule has 2 aromatic heterocycles. The maximum absolute atomic E-state index is 11.4. The van der Waals surface area contributed by atoms with Crippen LogP contribution in [0.2, 0.25) is 0 Å². The van der Waals surface area contributed by atoms with E-state index in [0.29, 0.717) is 12.8 Å².